The van der Waals surface area contributed by atoms with Gasteiger partial charge in [0.1, 0.15) is 10.3 Å². The molecule has 0 fully saturated rings. The SMILES string of the molecule is CCCl.O=C(N=S(=O)=O)Nc1nc(Cl)cc(Cl)n1. The Bertz CT molecular complexity index is 521. The molecule has 0 aromatic carbocycles. The predicted molar refractivity (Wildman–Crippen MR) is 68.8 cm³/mol. The van der Waals surface area contributed by atoms with Gasteiger partial charge in [-0.1, -0.05) is 34.5 Å². The summed E-state index contributed by atoms with van der Waals surface area (Å²) in [5.41, 5.74) is 0. The summed E-state index contributed by atoms with van der Waals surface area (Å²) >= 11 is 16.0. The number of hydrogen-bond donors (Lipinski definition) is 1. The number of hydrogen-bond acceptors (Lipinski definition) is 5. The molecule has 11 heteroatoms. The highest BCUT2D eigenvalue weighted by Crippen LogP contribution is 2.14. The highest BCUT2D eigenvalue weighted by atomic mass is 35.5. The summed E-state index contributed by atoms with van der Waals surface area (Å²) in [5.74, 6) is 0.492. The van der Waals surface area contributed by atoms with Crippen molar-refractivity contribution >= 4 is 57.3 Å². The number of alkyl halides is 1. The first-order valence-electron chi connectivity index (χ1n) is 4.27. The Morgan fingerprint density at radius 2 is 1.83 bits per heavy atom. The van der Waals surface area contributed by atoms with E-state index in [0.29, 0.717) is 0 Å². The van der Waals surface area contributed by atoms with Crippen molar-refractivity contribution < 1.29 is 13.2 Å². The number of anilines is 1. The number of halogens is 3. The monoisotopic (exact) mass is 332 g/mol. The smallest absolute Gasteiger partial charge is 0.273 e. The second-order valence-electron chi connectivity index (χ2n) is 2.34. The Balaban J connectivity index is 0.000000873. The standard InChI is InChI=1S/C5H2Cl2N4O3S.C2H5Cl/c6-2-1-3(7)9-4(8-2)10-5(12)11-15(13)14;1-2-3/h1H,(H,8,9,10,12);2H2,1H3. The fraction of sp³-hybridized carbons (Fsp3) is 0.286. The molecule has 0 bridgehead atoms. The summed E-state index contributed by atoms with van der Waals surface area (Å²) in [6, 6.07) is 0.114. The van der Waals surface area contributed by atoms with E-state index in [9.17, 15) is 13.2 Å². The van der Waals surface area contributed by atoms with E-state index in [1.54, 1.807) is 0 Å². The molecule has 1 aromatic heterocycles. The molecule has 0 atom stereocenters. The minimum atomic E-state index is -2.84. The third kappa shape index (κ3) is 8.18. The van der Waals surface area contributed by atoms with Crippen molar-refractivity contribution in [1.29, 1.82) is 0 Å². The van der Waals surface area contributed by atoms with E-state index in [2.05, 4.69) is 14.3 Å². The van der Waals surface area contributed by atoms with Crippen LogP contribution in [0.25, 0.3) is 0 Å². The second-order valence-corrected chi connectivity index (χ2v) is 4.27. The molecule has 100 valence electrons. The maximum Gasteiger partial charge on any atom is 0.362 e. The third-order valence-electron chi connectivity index (χ3n) is 1.04. The van der Waals surface area contributed by atoms with Crippen LogP contribution in [-0.4, -0.2) is 30.3 Å². The molecule has 0 saturated carbocycles. The minimum Gasteiger partial charge on any atom is -0.273 e. The minimum absolute atomic E-state index is 0.00791. The fourth-order valence-electron chi connectivity index (χ4n) is 0.632. The maximum absolute atomic E-state index is 10.8. The van der Waals surface area contributed by atoms with Gasteiger partial charge in [0.25, 0.3) is 0 Å². The molecule has 0 spiro atoms. The van der Waals surface area contributed by atoms with Gasteiger partial charge in [-0.2, -0.15) is 8.42 Å². The van der Waals surface area contributed by atoms with Gasteiger partial charge >= 0.3 is 16.5 Å². The molecular weight excluding hydrogens is 327 g/mol. The van der Waals surface area contributed by atoms with E-state index in [0.717, 1.165) is 5.88 Å². The van der Waals surface area contributed by atoms with Gasteiger partial charge in [-0.15, -0.1) is 11.6 Å². The van der Waals surface area contributed by atoms with Crippen LogP contribution < -0.4 is 5.32 Å². The molecule has 0 aliphatic carbocycles. The van der Waals surface area contributed by atoms with Crippen LogP contribution in [0.1, 0.15) is 6.92 Å². The molecule has 0 radical (unpaired) electrons. The number of rotatable bonds is 1. The molecule has 0 unspecified atom stereocenters. The number of nitrogens with one attached hydrogen (secondary N) is 1. The highest BCUT2D eigenvalue weighted by Gasteiger charge is 2.05. The lowest BCUT2D eigenvalue weighted by Crippen LogP contribution is -2.09. The number of nitrogens with zero attached hydrogens (tertiary/aromatic N) is 3. The summed E-state index contributed by atoms with van der Waals surface area (Å²) < 4.78 is 22.7. The van der Waals surface area contributed by atoms with E-state index in [-0.39, 0.29) is 16.3 Å². The molecule has 1 N–H and O–H groups in total. The number of carbonyl (C=O) groups is 1. The lowest BCUT2D eigenvalue weighted by atomic mass is 10.6. The average Bonchev–Trinajstić information content (AvgIpc) is 2.14. The van der Waals surface area contributed by atoms with Gasteiger partial charge in [-0.05, 0) is 0 Å². The number of aromatic nitrogens is 2. The number of urea groups is 1. The van der Waals surface area contributed by atoms with E-state index in [4.69, 9.17) is 34.8 Å². The van der Waals surface area contributed by atoms with Crippen LogP contribution in [0, 0.1) is 0 Å². The van der Waals surface area contributed by atoms with Crippen LogP contribution >= 0.6 is 34.8 Å². The maximum atomic E-state index is 10.8. The average molecular weight is 334 g/mol. The van der Waals surface area contributed by atoms with Crippen molar-refractivity contribution in [2.24, 2.45) is 4.36 Å². The van der Waals surface area contributed by atoms with E-state index in [1.807, 2.05) is 12.2 Å². The van der Waals surface area contributed by atoms with Crippen molar-refractivity contribution in [2.45, 2.75) is 6.92 Å². The van der Waals surface area contributed by atoms with Crippen LogP contribution in [0.15, 0.2) is 10.4 Å². The van der Waals surface area contributed by atoms with Crippen molar-refractivity contribution in [2.75, 3.05) is 11.2 Å². The van der Waals surface area contributed by atoms with Gasteiger partial charge in [0.2, 0.25) is 5.95 Å². The van der Waals surface area contributed by atoms with E-state index >= 15 is 0 Å². The topological polar surface area (TPSA) is 101 Å². The van der Waals surface area contributed by atoms with Crippen LogP contribution in [0.2, 0.25) is 10.3 Å². The zero-order valence-electron chi connectivity index (χ0n) is 8.89. The molecule has 18 heavy (non-hydrogen) atoms. The molecule has 1 heterocycles. The van der Waals surface area contributed by atoms with Crippen molar-refractivity contribution in [3.63, 3.8) is 0 Å². The fourth-order valence-corrected chi connectivity index (χ4v) is 1.24. The van der Waals surface area contributed by atoms with Crippen LogP contribution in [-0.2, 0) is 10.5 Å². The predicted octanol–water partition coefficient (Wildman–Crippen LogP) is 2.62. The Labute approximate surface area is 119 Å². The van der Waals surface area contributed by atoms with E-state index in [1.165, 1.54) is 6.07 Å². The van der Waals surface area contributed by atoms with Crippen molar-refractivity contribution in [3.8, 4) is 0 Å². The summed E-state index contributed by atoms with van der Waals surface area (Å²) in [6.45, 7) is 1.89. The molecule has 7 nitrogen and oxygen atoms in total. The zero-order valence-corrected chi connectivity index (χ0v) is 12.0. The number of amides is 2. The van der Waals surface area contributed by atoms with Gasteiger partial charge in [-0.3, -0.25) is 5.32 Å². The lowest BCUT2D eigenvalue weighted by molar-refractivity contribution is 0.259. The van der Waals surface area contributed by atoms with Gasteiger partial charge in [-0.25, -0.2) is 14.8 Å². The van der Waals surface area contributed by atoms with Gasteiger partial charge in [0.15, 0.2) is 0 Å². The molecule has 1 rings (SSSR count). The van der Waals surface area contributed by atoms with Crippen LogP contribution in [0.3, 0.4) is 0 Å². The van der Waals surface area contributed by atoms with Crippen molar-refractivity contribution in [1.82, 2.24) is 9.97 Å². The Hall–Kier alpha value is -0.960. The summed E-state index contributed by atoms with van der Waals surface area (Å²) in [7, 11) is -2.84. The Morgan fingerprint density at radius 1 is 1.39 bits per heavy atom. The third-order valence-corrected chi connectivity index (χ3v) is 1.74. The Morgan fingerprint density at radius 3 is 2.22 bits per heavy atom. The largest absolute Gasteiger partial charge is 0.362 e. The zero-order chi connectivity index (χ0) is 14.1. The van der Waals surface area contributed by atoms with Gasteiger partial charge < -0.3 is 0 Å². The molecule has 0 aliphatic heterocycles. The van der Waals surface area contributed by atoms with Crippen LogP contribution in [0.4, 0.5) is 10.7 Å². The first kappa shape index (κ1) is 17.0. The quantitative estimate of drug-likeness (QED) is 0.628. The molecule has 2 amide bonds. The molecule has 0 saturated heterocycles. The van der Waals surface area contributed by atoms with E-state index < -0.39 is 16.5 Å². The molecule has 1 aromatic rings. The van der Waals surface area contributed by atoms with Gasteiger partial charge in [0.05, 0.1) is 0 Å². The normalized spacial score (nSPS) is 8.89. The lowest BCUT2D eigenvalue weighted by Gasteiger charge is -1.98. The van der Waals surface area contributed by atoms with Crippen molar-refractivity contribution in [3.05, 3.63) is 16.4 Å². The van der Waals surface area contributed by atoms with Gasteiger partial charge in [0, 0.05) is 11.9 Å². The summed E-state index contributed by atoms with van der Waals surface area (Å²) in [6.07, 6.45) is 0. The summed E-state index contributed by atoms with van der Waals surface area (Å²) in [4.78, 5) is 17.9. The second kappa shape index (κ2) is 9.03. The van der Waals surface area contributed by atoms with Crippen LogP contribution in [0.5, 0.6) is 0 Å². The molecule has 0 aliphatic rings. The first-order chi connectivity index (χ1) is 8.38. The highest BCUT2D eigenvalue weighted by molar-refractivity contribution is 7.62. The first-order valence-corrected chi connectivity index (χ1v) is 6.59. The Kier molecular flexibility index (Phi) is 8.55. The number of carbonyl (C=O) groups excluding carboxylic acids is 1. The summed E-state index contributed by atoms with van der Waals surface area (Å²) in [5, 5.41) is 1.98. The molecular formula is C7H7Cl3N4O3S.